The lowest BCUT2D eigenvalue weighted by Crippen LogP contribution is -2.46. The van der Waals surface area contributed by atoms with Crippen molar-refractivity contribution in [2.24, 2.45) is 11.8 Å². The number of hydrogen-bond acceptors (Lipinski definition) is 3. The van der Waals surface area contributed by atoms with Crippen LogP contribution in [0, 0.1) is 11.8 Å². The van der Waals surface area contributed by atoms with Crippen LogP contribution >= 0.6 is 0 Å². The van der Waals surface area contributed by atoms with Crippen LogP contribution in [0.25, 0.3) is 0 Å². The number of amides is 2. The molecule has 2 N–H and O–H groups in total. The molecular weight excluding hydrogens is 302 g/mol. The van der Waals surface area contributed by atoms with E-state index in [4.69, 9.17) is 5.73 Å². The van der Waals surface area contributed by atoms with Crippen molar-refractivity contribution in [3.05, 3.63) is 29.8 Å². The lowest BCUT2D eigenvalue weighted by atomic mass is 9.92. The molecule has 3 rings (SSSR count). The molecule has 0 unspecified atom stereocenters. The first kappa shape index (κ1) is 16.8. The highest BCUT2D eigenvalue weighted by Gasteiger charge is 2.32. The molecule has 5 nitrogen and oxygen atoms in total. The van der Waals surface area contributed by atoms with Crippen LogP contribution in [-0.2, 0) is 4.79 Å². The van der Waals surface area contributed by atoms with E-state index in [0.717, 1.165) is 44.7 Å². The molecule has 2 aliphatic heterocycles. The van der Waals surface area contributed by atoms with E-state index in [0.29, 0.717) is 24.3 Å². The summed E-state index contributed by atoms with van der Waals surface area (Å²) >= 11 is 0. The van der Waals surface area contributed by atoms with Gasteiger partial charge in [-0.15, -0.1) is 0 Å². The van der Waals surface area contributed by atoms with Crippen molar-refractivity contribution in [1.29, 1.82) is 0 Å². The van der Waals surface area contributed by atoms with Crippen LogP contribution < -0.4 is 5.73 Å². The van der Waals surface area contributed by atoms with E-state index in [-0.39, 0.29) is 17.7 Å². The highest BCUT2D eigenvalue weighted by atomic mass is 16.2. The van der Waals surface area contributed by atoms with Crippen LogP contribution in [0.4, 0.5) is 5.69 Å². The molecular formula is C19H27N3O2. The molecule has 0 saturated carbocycles. The summed E-state index contributed by atoms with van der Waals surface area (Å²) in [6.45, 7) is 5.29. The molecule has 2 saturated heterocycles. The number of benzene rings is 1. The second-order valence-corrected chi connectivity index (χ2v) is 7.16. The van der Waals surface area contributed by atoms with Gasteiger partial charge in [0.2, 0.25) is 5.91 Å². The molecule has 2 aliphatic rings. The fraction of sp³-hybridized carbons (Fsp3) is 0.579. The van der Waals surface area contributed by atoms with Gasteiger partial charge in [0.1, 0.15) is 0 Å². The van der Waals surface area contributed by atoms with Gasteiger partial charge in [-0.3, -0.25) is 9.59 Å². The zero-order valence-corrected chi connectivity index (χ0v) is 14.4. The summed E-state index contributed by atoms with van der Waals surface area (Å²) in [5.41, 5.74) is 6.98. The Kier molecular flexibility index (Phi) is 5.07. The first-order valence-corrected chi connectivity index (χ1v) is 8.99. The van der Waals surface area contributed by atoms with Gasteiger partial charge in [-0.1, -0.05) is 19.1 Å². The Labute approximate surface area is 143 Å². The van der Waals surface area contributed by atoms with E-state index in [9.17, 15) is 9.59 Å². The number of likely N-dealkylation sites (tertiary alicyclic amines) is 2. The molecule has 0 spiro atoms. The average Bonchev–Trinajstić information content (AvgIpc) is 2.62. The van der Waals surface area contributed by atoms with Gasteiger partial charge in [0, 0.05) is 37.8 Å². The SMILES string of the molecule is CC1CCN(C(=O)C2CCN(C(=O)c3ccccc3N)CC2)CC1. The summed E-state index contributed by atoms with van der Waals surface area (Å²) in [5.74, 6) is 1.06. The maximum Gasteiger partial charge on any atom is 0.255 e. The first-order valence-electron chi connectivity index (χ1n) is 8.99. The minimum absolute atomic E-state index is 0.0224. The van der Waals surface area contributed by atoms with Crippen molar-refractivity contribution in [2.45, 2.75) is 32.6 Å². The average molecular weight is 329 g/mol. The van der Waals surface area contributed by atoms with Gasteiger partial charge in [0.05, 0.1) is 5.56 Å². The van der Waals surface area contributed by atoms with Gasteiger partial charge >= 0.3 is 0 Å². The number of piperidine rings is 2. The second kappa shape index (κ2) is 7.24. The molecule has 2 fully saturated rings. The van der Waals surface area contributed by atoms with Crippen molar-refractivity contribution in [1.82, 2.24) is 9.80 Å². The molecule has 1 aromatic rings. The van der Waals surface area contributed by atoms with E-state index in [1.54, 1.807) is 12.1 Å². The third-order valence-electron chi connectivity index (χ3n) is 5.42. The van der Waals surface area contributed by atoms with Crippen LogP contribution in [0.3, 0.4) is 0 Å². The summed E-state index contributed by atoms with van der Waals surface area (Å²) in [4.78, 5) is 29.1. The summed E-state index contributed by atoms with van der Waals surface area (Å²) < 4.78 is 0. The zero-order valence-electron chi connectivity index (χ0n) is 14.4. The van der Waals surface area contributed by atoms with Gasteiger partial charge in [-0.2, -0.15) is 0 Å². The number of nitrogen functional groups attached to an aromatic ring is 1. The van der Waals surface area contributed by atoms with Gasteiger partial charge < -0.3 is 15.5 Å². The molecule has 5 heteroatoms. The van der Waals surface area contributed by atoms with Gasteiger partial charge in [-0.05, 0) is 43.7 Å². The number of carbonyl (C=O) groups is 2. The minimum Gasteiger partial charge on any atom is -0.398 e. The Hall–Kier alpha value is -2.04. The molecule has 0 radical (unpaired) electrons. The van der Waals surface area contributed by atoms with Crippen LogP contribution in [-0.4, -0.2) is 47.8 Å². The van der Waals surface area contributed by atoms with Crippen LogP contribution in [0.5, 0.6) is 0 Å². The first-order chi connectivity index (χ1) is 11.6. The number of carbonyl (C=O) groups excluding carboxylic acids is 2. The molecule has 0 atom stereocenters. The van der Waals surface area contributed by atoms with E-state index in [1.165, 1.54) is 0 Å². The predicted octanol–water partition coefficient (Wildman–Crippen LogP) is 2.38. The third kappa shape index (κ3) is 3.55. The number of rotatable bonds is 2. The quantitative estimate of drug-likeness (QED) is 0.847. The summed E-state index contributed by atoms with van der Waals surface area (Å²) in [6.07, 6.45) is 3.72. The monoisotopic (exact) mass is 329 g/mol. The van der Waals surface area contributed by atoms with Crippen molar-refractivity contribution >= 4 is 17.5 Å². The van der Waals surface area contributed by atoms with E-state index < -0.39 is 0 Å². The molecule has 1 aromatic carbocycles. The Morgan fingerprint density at radius 3 is 2.17 bits per heavy atom. The minimum atomic E-state index is -0.0224. The smallest absolute Gasteiger partial charge is 0.255 e. The fourth-order valence-corrected chi connectivity index (χ4v) is 3.68. The second-order valence-electron chi connectivity index (χ2n) is 7.16. The molecule has 0 aliphatic carbocycles. The molecule has 130 valence electrons. The van der Waals surface area contributed by atoms with Crippen LogP contribution in [0.15, 0.2) is 24.3 Å². The zero-order chi connectivity index (χ0) is 17.1. The number of nitrogens with two attached hydrogens (primary N) is 1. The van der Waals surface area contributed by atoms with E-state index in [2.05, 4.69) is 6.92 Å². The lowest BCUT2D eigenvalue weighted by molar-refractivity contribution is -0.138. The summed E-state index contributed by atoms with van der Waals surface area (Å²) in [5, 5.41) is 0. The molecule has 0 aromatic heterocycles. The van der Waals surface area contributed by atoms with Crippen molar-refractivity contribution < 1.29 is 9.59 Å². The number of para-hydroxylation sites is 1. The Morgan fingerprint density at radius 2 is 1.54 bits per heavy atom. The van der Waals surface area contributed by atoms with E-state index >= 15 is 0 Å². The molecule has 24 heavy (non-hydrogen) atoms. The molecule has 0 bridgehead atoms. The highest BCUT2D eigenvalue weighted by molar-refractivity contribution is 5.99. The third-order valence-corrected chi connectivity index (χ3v) is 5.42. The fourth-order valence-electron chi connectivity index (χ4n) is 3.68. The predicted molar refractivity (Wildman–Crippen MR) is 94.5 cm³/mol. The Balaban J connectivity index is 1.55. The maximum atomic E-state index is 12.7. The topological polar surface area (TPSA) is 66.6 Å². The van der Waals surface area contributed by atoms with Gasteiger partial charge in [0.25, 0.3) is 5.91 Å². The highest BCUT2D eigenvalue weighted by Crippen LogP contribution is 2.25. The summed E-state index contributed by atoms with van der Waals surface area (Å²) in [7, 11) is 0. The van der Waals surface area contributed by atoms with E-state index in [1.807, 2.05) is 21.9 Å². The van der Waals surface area contributed by atoms with Crippen molar-refractivity contribution in [3.8, 4) is 0 Å². The van der Waals surface area contributed by atoms with Crippen LogP contribution in [0.2, 0.25) is 0 Å². The van der Waals surface area contributed by atoms with Gasteiger partial charge in [-0.25, -0.2) is 0 Å². The number of nitrogens with zero attached hydrogens (tertiary/aromatic N) is 2. The maximum absolute atomic E-state index is 12.7. The number of hydrogen-bond donors (Lipinski definition) is 1. The van der Waals surface area contributed by atoms with Crippen molar-refractivity contribution in [2.75, 3.05) is 31.9 Å². The largest absolute Gasteiger partial charge is 0.398 e. The van der Waals surface area contributed by atoms with Crippen molar-refractivity contribution in [3.63, 3.8) is 0 Å². The summed E-state index contributed by atoms with van der Waals surface area (Å²) in [6, 6.07) is 7.18. The van der Waals surface area contributed by atoms with Gasteiger partial charge in [0.15, 0.2) is 0 Å². The Morgan fingerprint density at radius 1 is 0.958 bits per heavy atom. The standard InChI is InChI=1S/C19H27N3O2/c1-14-6-10-21(11-7-14)18(23)15-8-12-22(13-9-15)19(24)16-4-2-3-5-17(16)20/h2-5,14-15H,6-13,20H2,1H3. The molecule has 2 heterocycles. The number of anilines is 1. The lowest BCUT2D eigenvalue weighted by Gasteiger charge is -2.36. The normalized spacial score (nSPS) is 20.2. The molecule has 2 amide bonds. The Bertz CT molecular complexity index is 600. The van der Waals surface area contributed by atoms with Crippen LogP contribution in [0.1, 0.15) is 43.0 Å².